The number of rotatable bonds is 3. The lowest BCUT2D eigenvalue weighted by molar-refractivity contribution is 0.0394. The van der Waals surface area contributed by atoms with Crippen LogP contribution < -0.4 is 0 Å². The Morgan fingerprint density at radius 3 is 2.75 bits per heavy atom. The number of hydrogen-bond donors (Lipinski definition) is 0. The summed E-state index contributed by atoms with van der Waals surface area (Å²) in [4.78, 5) is 0. The van der Waals surface area contributed by atoms with Crippen molar-refractivity contribution in [3.05, 3.63) is 0 Å². The van der Waals surface area contributed by atoms with E-state index in [2.05, 4.69) is 29.8 Å². The first-order chi connectivity index (χ1) is 5.64. The third-order valence-electron chi connectivity index (χ3n) is 2.46. The van der Waals surface area contributed by atoms with Crippen molar-refractivity contribution >= 4 is 15.9 Å². The van der Waals surface area contributed by atoms with Crippen LogP contribution in [0.15, 0.2) is 0 Å². The van der Waals surface area contributed by atoms with Gasteiger partial charge in [0.25, 0.3) is 0 Å². The van der Waals surface area contributed by atoms with Crippen molar-refractivity contribution in [2.24, 2.45) is 11.3 Å². The molecule has 1 rings (SSSR count). The number of alkyl halides is 1. The molecule has 0 unspecified atom stereocenters. The zero-order valence-electron chi connectivity index (χ0n) is 8.11. The summed E-state index contributed by atoms with van der Waals surface area (Å²) in [5.74, 6) is 0.797. The van der Waals surface area contributed by atoms with Crippen LogP contribution in [0.3, 0.4) is 0 Å². The van der Waals surface area contributed by atoms with Crippen LogP contribution in [0.1, 0.15) is 33.1 Å². The van der Waals surface area contributed by atoms with Crippen LogP contribution in [-0.2, 0) is 4.74 Å². The van der Waals surface area contributed by atoms with Crippen LogP contribution >= 0.6 is 15.9 Å². The average Bonchev–Trinajstić information content (AvgIpc) is 2.06. The van der Waals surface area contributed by atoms with Crippen LogP contribution in [-0.4, -0.2) is 18.5 Å². The van der Waals surface area contributed by atoms with Crippen molar-refractivity contribution in [3.8, 4) is 0 Å². The first-order valence-electron chi connectivity index (χ1n) is 4.78. The van der Waals surface area contributed by atoms with Crippen LogP contribution in [0.2, 0.25) is 0 Å². The zero-order chi connectivity index (χ0) is 9.03. The minimum Gasteiger partial charge on any atom is -0.381 e. The molecule has 0 saturated carbocycles. The molecule has 1 saturated heterocycles. The minimum absolute atomic E-state index is 0.436. The van der Waals surface area contributed by atoms with Crippen LogP contribution in [0.5, 0.6) is 0 Å². The molecule has 1 heterocycles. The normalized spacial score (nSPS) is 25.8. The van der Waals surface area contributed by atoms with Crippen LogP contribution in [0.25, 0.3) is 0 Å². The molecule has 72 valence electrons. The monoisotopic (exact) mass is 234 g/mol. The Morgan fingerprint density at radius 2 is 2.25 bits per heavy atom. The number of hydrogen-bond acceptors (Lipinski definition) is 1. The molecule has 0 N–H and O–H groups in total. The largest absolute Gasteiger partial charge is 0.381 e. The van der Waals surface area contributed by atoms with E-state index in [1.165, 1.54) is 19.3 Å². The van der Waals surface area contributed by atoms with Gasteiger partial charge in [0.05, 0.1) is 0 Å². The fourth-order valence-corrected chi connectivity index (χ4v) is 2.03. The van der Waals surface area contributed by atoms with E-state index in [0.717, 1.165) is 24.5 Å². The van der Waals surface area contributed by atoms with Crippen molar-refractivity contribution in [2.45, 2.75) is 33.1 Å². The molecule has 0 aromatic rings. The molecule has 0 bridgehead atoms. The molecule has 0 aromatic carbocycles. The molecule has 1 fully saturated rings. The summed E-state index contributed by atoms with van der Waals surface area (Å²) in [5.41, 5.74) is 0.436. The van der Waals surface area contributed by atoms with Gasteiger partial charge in [-0.05, 0) is 30.6 Å². The highest BCUT2D eigenvalue weighted by molar-refractivity contribution is 9.09. The maximum atomic E-state index is 5.46. The summed E-state index contributed by atoms with van der Waals surface area (Å²) >= 11 is 3.56. The molecule has 1 atom stereocenters. The van der Waals surface area contributed by atoms with E-state index in [0.29, 0.717) is 5.41 Å². The second-order valence-corrected chi connectivity index (χ2v) is 5.15. The maximum Gasteiger partial charge on any atom is 0.0494 e. The Labute approximate surface area is 84.0 Å². The smallest absolute Gasteiger partial charge is 0.0494 e. The van der Waals surface area contributed by atoms with Crippen molar-refractivity contribution in [1.29, 1.82) is 0 Å². The molecule has 1 aliphatic heterocycles. The highest BCUT2D eigenvalue weighted by Gasteiger charge is 2.23. The Hall–Kier alpha value is 0.440. The zero-order valence-corrected chi connectivity index (χ0v) is 9.69. The van der Waals surface area contributed by atoms with E-state index < -0.39 is 0 Å². The molecular formula is C10H19BrO. The fourth-order valence-electron chi connectivity index (χ4n) is 1.80. The summed E-state index contributed by atoms with van der Waals surface area (Å²) in [5, 5.41) is 1.09. The Balaban J connectivity index is 2.28. The van der Waals surface area contributed by atoms with E-state index in [9.17, 15) is 0 Å². The summed E-state index contributed by atoms with van der Waals surface area (Å²) in [6.45, 7) is 6.59. The van der Waals surface area contributed by atoms with E-state index in [1.54, 1.807) is 0 Å². The molecular weight excluding hydrogens is 216 g/mol. The van der Waals surface area contributed by atoms with Gasteiger partial charge in [-0.25, -0.2) is 0 Å². The van der Waals surface area contributed by atoms with Crippen molar-refractivity contribution in [2.75, 3.05) is 18.5 Å². The van der Waals surface area contributed by atoms with Gasteiger partial charge in [-0.2, -0.15) is 0 Å². The molecule has 1 nitrogen and oxygen atoms in total. The fraction of sp³-hybridized carbons (Fsp3) is 1.00. The van der Waals surface area contributed by atoms with Gasteiger partial charge < -0.3 is 4.74 Å². The van der Waals surface area contributed by atoms with Gasteiger partial charge in [0.1, 0.15) is 0 Å². The van der Waals surface area contributed by atoms with Gasteiger partial charge in [0.2, 0.25) is 0 Å². The highest BCUT2D eigenvalue weighted by atomic mass is 79.9. The first-order valence-corrected chi connectivity index (χ1v) is 5.90. The van der Waals surface area contributed by atoms with E-state index in [4.69, 9.17) is 4.74 Å². The quantitative estimate of drug-likeness (QED) is 0.682. The average molecular weight is 235 g/mol. The van der Waals surface area contributed by atoms with E-state index in [1.807, 2.05) is 0 Å². The first kappa shape index (κ1) is 10.5. The van der Waals surface area contributed by atoms with E-state index in [-0.39, 0.29) is 0 Å². The lowest BCUT2D eigenvalue weighted by Gasteiger charge is -2.30. The third kappa shape index (κ3) is 3.44. The Bertz CT molecular complexity index is 128. The second kappa shape index (κ2) is 4.61. The second-order valence-electron chi connectivity index (χ2n) is 4.59. The van der Waals surface area contributed by atoms with Gasteiger partial charge in [-0.1, -0.05) is 29.8 Å². The van der Waals surface area contributed by atoms with E-state index >= 15 is 0 Å². The van der Waals surface area contributed by atoms with Gasteiger partial charge >= 0.3 is 0 Å². The lowest BCUT2D eigenvalue weighted by Crippen LogP contribution is -2.25. The molecule has 0 aliphatic carbocycles. The van der Waals surface area contributed by atoms with Gasteiger partial charge in [0, 0.05) is 18.5 Å². The molecule has 2 heteroatoms. The SMILES string of the molecule is CC(C)(CBr)C[C@H]1CCCOC1. The number of halogens is 1. The van der Waals surface area contributed by atoms with Crippen LogP contribution in [0.4, 0.5) is 0 Å². The summed E-state index contributed by atoms with van der Waals surface area (Å²) in [6, 6.07) is 0. The Kier molecular flexibility index (Phi) is 4.04. The maximum absolute atomic E-state index is 5.46. The van der Waals surface area contributed by atoms with Gasteiger partial charge in [-0.3, -0.25) is 0 Å². The Morgan fingerprint density at radius 1 is 1.50 bits per heavy atom. The van der Waals surface area contributed by atoms with Crippen molar-refractivity contribution in [1.82, 2.24) is 0 Å². The van der Waals surface area contributed by atoms with Crippen molar-refractivity contribution in [3.63, 3.8) is 0 Å². The predicted molar refractivity (Wildman–Crippen MR) is 55.7 cm³/mol. The standard InChI is InChI=1S/C10H19BrO/c1-10(2,8-11)6-9-4-3-5-12-7-9/h9H,3-8H2,1-2H3/t9-/m1/s1. The summed E-state index contributed by atoms with van der Waals surface area (Å²) in [7, 11) is 0. The molecule has 0 radical (unpaired) electrons. The van der Waals surface area contributed by atoms with Crippen molar-refractivity contribution < 1.29 is 4.74 Å². The molecule has 12 heavy (non-hydrogen) atoms. The lowest BCUT2D eigenvalue weighted by atomic mass is 9.82. The highest BCUT2D eigenvalue weighted by Crippen LogP contribution is 2.31. The summed E-state index contributed by atoms with van der Waals surface area (Å²) < 4.78 is 5.46. The molecule has 0 amide bonds. The molecule has 0 aromatic heterocycles. The molecule has 1 aliphatic rings. The molecule has 0 spiro atoms. The number of ether oxygens (including phenoxy) is 1. The van der Waals surface area contributed by atoms with Gasteiger partial charge in [0.15, 0.2) is 0 Å². The third-order valence-corrected chi connectivity index (χ3v) is 3.98. The summed E-state index contributed by atoms with van der Waals surface area (Å²) in [6.07, 6.45) is 3.90. The minimum atomic E-state index is 0.436. The van der Waals surface area contributed by atoms with Gasteiger partial charge in [-0.15, -0.1) is 0 Å². The van der Waals surface area contributed by atoms with Crippen LogP contribution in [0, 0.1) is 11.3 Å². The topological polar surface area (TPSA) is 9.23 Å². The predicted octanol–water partition coefficient (Wildman–Crippen LogP) is 3.22.